The molecule has 0 radical (unpaired) electrons. The minimum absolute atomic E-state index is 0.137. The van der Waals surface area contributed by atoms with E-state index in [-0.39, 0.29) is 11.7 Å². The highest BCUT2D eigenvalue weighted by Crippen LogP contribution is 2.44. The lowest BCUT2D eigenvalue weighted by atomic mass is 9.65. The zero-order valence-corrected chi connectivity index (χ0v) is 11.5. The lowest BCUT2D eigenvalue weighted by molar-refractivity contribution is -0.0835. The van der Waals surface area contributed by atoms with Crippen molar-refractivity contribution >= 4 is 5.69 Å². The molecule has 0 heterocycles. The van der Waals surface area contributed by atoms with E-state index in [1.54, 1.807) is 0 Å². The Kier molecular flexibility index (Phi) is 3.67. The number of aliphatic hydroxyl groups is 1. The molecule has 2 N–H and O–H groups in total. The first-order chi connectivity index (χ1) is 9.59. The topological polar surface area (TPSA) is 32.3 Å². The van der Waals surface area contributed by atoms with Crippen LogP contribution in [-0.2, 0) is 0 Å². The summed E-state index contributed by atoms with van der Waals surface area (Å²) in [6, 6.07) is 3.41. The van der Waals surface area contributed by atoms with E-state index in [4.69, 9.17) is 0 Å². The Morgan fingerprint density at radius 1 is 1.10 bits per heavy atom. The summed E-state index contributed by atoms with van der Waals surface area (Å²) in [5.74, 6) is -0.858. The Morgan fingerprint density at radius 2 is 1.90 bits per heavy atom. The van der Waals surface area contributed by atoms with Gasteiger partial charge in [-0.3, -0.25) is 0 Å². The molecule has 0 aliphatic heterocycles. The van der Waals surface area contributed by atoms with Gasteiger partial charge in [0.1, 0.15) is 11.6 Å². The zero-order chi connectivity index (χ0) is 14.2. The molecule has 1 aromatic rings. The summed E-state index contributed by atoms with van der Waals surface area (Å²) in [6.07, 6.45) is 6.97. The molecule has 0 bridgehead atoms. The van der Waals surface area contributed by atoms with Crippen LogP contribution in [0.2, 0.25) is 0 Å². The normalized spacial score (nSPS) is 33.5. The van der Waals surface area contributed by atoms with Gasteiger partial charge in [-0.1, -0.05) is 19.3 Å². The largest absolute Gasteiger partial charge is 0.387 e. The van der Waals surface area contributed by atoms with Crippen molar-refractivity contribution < 1.29 is 13.9 Å². The summed E-state index contributed by atoms with van der Waals surface area (Å²) in [5.41, 5.74) is -0.451. The number of nitrogens with one attached hydrogen (secondary N) is 1. The van der Waals surface area contributed by atoms with E-state index in [2.05, 4.69) is 5.32 Å². The van der Waals surface area contributed by atoms with Crippen molar-refractivity contribution in [2.24, 2.45) is 5.92 Å². The van der Waals surface area contributed by atoms with Gasteiger partial charge in [0.15, 0.2) is 0 Å². The Morgan fingerprint density at radius 3 is 2.70 bits per heavy atom. The molecule has 3 atom stereocenters. The molecule has 20 heavy (non-hydrogen) atoms. The summed E-state index contributed by atoms with van der Waals surface area (Å²) in [7, 11) is 0. The van der Waals surface area contributed by atoms with Gasteiger partial charge in [-0.15, -0.1) is 0 Å². The molecule has 110 valence electrons. The van der Waals surface area contributed by atoms with Crippen molar-refractivity contribution in [3.8, 4) is 0 Å². The number of fused-ring (bicyclic) bond motifs is 1. The summed E-state index contributed by atoms with van der Waals surface area (Å²) in [5, 5.41) is 14.1. The van der Waals surface area contributed by atoms with Crippen LogP contribution >= 0.6 is 0 Å². The van der Waals surface area contributed by atoms with Crippen molar-refractivity contribution in [3.05, 3.63) is 29.8 Å². The average molecular weight is 281 g/mol. The molecule has 2 aliphatic rings. The van der Waals surface area contributed by atoms with Crippen molar-refractivity contribution in [2.75, 3.05) is 5.32 Å². The number of benzene rings is 1. The van der Waals surface area contributed by atoms with E-state index < -0.39 is 17.2 Å². The zero-order valence-electron chi connectivity index (χ0n) is 11.5. The third-order valence-electron chi connectivity index (χ3n) is 5.00. The molecule has 2 fully saturated rings. The second-order valence-corrected chi connectivity index (χ2v) is 6.19. The van der Waals surface area contributed by atoms with Crippen molar-refractivity contribution in [3.63, 3.8) is 0 Å². The molecule has 3 rings (SSSR count). The van der Waals surface area contributed by atoms with E-state index in [1.807, 2.05) is 0 Å². The Hall–Kier alpha value is -1.16. The van der Waals surface area contributed by atoms with E-state index in [1.165, 1.54) is 18.6 Å². The molecule has 1 unspecified atom stereocenters. The van der Waals surface area contributed by atoms with E-state index in [0.717, 1.165) is 44.6 Å². The fraction of sp³-hybridized carbons (Fsp3) is 0.625. The third-order valence-corrected chi connectivity index (χ3v) is 5.00. The highest BCUT2D eigenvalue weighted by Gasteiger charge is 2.47. The fourth-order valence-corrected chi connectivity index (χ4v) is 3.92. The SMILES string of the molecule is O[C@]12CCCC[C@@H]1CCCC2Nc1ccc(F)cc1F. The number of rotatable bonds is 2. The van der Waals surface area contributed by atoms with Gasteiger partial charge in [0.05, 0.1) is 17.3 Å². The van der Waals surface area contributed by atoms with E-state index in [0.29, 0.717) is 5.92 Å². The summed E-state index contributed by atoms with van der Waals surface area (Å²) in [4.78, 5) is 0. The van der Waals surface area contributed by atoms with Gasteiger partial charge < -0.3 is 10.4 Å². The first kappa shape index (κ1) is 13.8. The highest BCUT2D eigenvalue weighted by atomic mass is 19.1. The Bertz CT molecular complexity index is 491. The van der Waals surface area contributed by atoms with Gasteiger partial charge in [-0.25, -0.2) is 8.78 Å². The highest BCUT2D eigenvalue weighted by molar-refractivity contribution is 5.46. The average Bonchev–Trinajstić information content (AvgIpc) is 2.42. The second-order valence-electron chi connectivity index (χ2n) is 6.19. The van der Waals surface area contributed by atoms with Gasteiger partial charge in [-0.05, 0) is 43.7 Å². The molecule has 0 saturated heterocycles. The van der Waals surface area contributed by atoms with Gasteiger partial charge in [0.25, 0.3) is 0 Å². The van der Waals surface area contributed by atoms with Crippen LogP contribution in [0.5, 0.6) is 0 Å². The van der Waals surface area contributed by atoms with Gasteiger partial charge >= 0.3 is 0 Å². The maximum atomic E-state index is 13.8. The van der Waals surface area contributed by atoms with Crippen LogP contribution in [0.25, 0.3) is 0 Å². The van der Waals surface area contributed by atoms with E-state index >= 15 is 0 Å². The molecule has 0 spiro atoms. The van der Waals surface area contributed by atoms with Crippen LogP contribution in [-0.4, -0.2) is 16.7 Å². The number of halogens is 2. The van der Waals surface area contributed by atoms with Crippen LogP contribution in [0.15, 0.2) is 18.2 Å². The molecular weight excluding hydrogens is 260 g/mol. The fourth-order valence-electron chi connectivity index (χ4n) is 3.92. The number of hydrogen-bond donors (Lipinski definition) is 2. The molecule has 2 nitrogen and oxygen atoms in total. The molecule has 4 heteroatoms. The molecule has 2 saturated carbocycles. The minimum Gasteiger partial charge on any atom is -0.387 e. The minimum atomic E-state index is -0.739. The van der Waals surface area contributed by atoms with Crippen LogP contribution in [0, 0.1) is 17.6 Å². The maximum Gasteiger partial charge on any atom is 0.149 e. The Balaban J connectivity index is 1.81. The summed E-state index contributed by atoms with van der Waals surface area (Å²) < 4.78 is 26.7. The standard InChI is InChI=1S/C16H21F2NO/c17-12-7-8-14(13(18)10-12)19-15-6-3-5-11-4-1-2-9-16(11,15)20/h7-8,10-11,15,19-20H,1-6,9H2/t11-,15?,16-/m1/s1. The van der Waals surface area contributed by atoms with Crippen molar-refractivity contribution in [1.29, 1.82) is 0 Å². The molecule has 0 aromatic heterocycles. The smallest absolute Gasteiger partial charge is 0.149 e. The first-order valence-electron chi connectivity index (χ1n) is 7.53. The predicted molar refractivity (Wildman–Crippen MR) is 74.5 cm³/mol. The number of hydrogen-bond acceptors (Lipinski definition) is 2. The lowest BCUT2D eigenvalue weighted by Crippen LogP contribution is -2.56. The van der Waals surface area contributed by atoms with Crippen LogP contribution in [0.1, 0.15) is 44.9 Å². The van der Waals surface area contributed by atoms with Crippen molar-refractivity contribution in [2.45, 2.75) is 56.6 Å². The number of anilines is 1. The maximum absolute atomic E-state index is 13.8. The molecule has 2 aliphatic carbocycles. The molecule has 0 amide bonds. The third kappa shape index (κ3) is 2.41. The Labute approximate surface area is 118 Å². The second kappa shape index (κ2) is 5.32. The van der Waals surface area contributed by atoms with E-state index in [9.17, 15) is 13.9 Å². The first-order valence-corrected chi connectivity index (χ1v) is 7.53. The molecule has 1 aromatic carbocycles. The summed E-state index contributed by atoms with van der Waals surface area (Å²) >= 11 is 0. The van der Waals surface area contributed by atoms with Crippen molar-refractivity contribution in [1.82, 2.24) is 0 Å². The van der Waals surface area contributed by atoms with Crippen LogP contribution in [0.4, 0.5) is 14.5 Å². The van der Waals surface area contributed by atoms with Crippen LogP contribution in [0.3, 0.4) is 0 Å². The molecular formula is C16H21F2NO. The summed E-state index contributed by atoms with van der Waals surface area (Å²) in [6.45, 7) is 0. The van der Waals surface area contributed by atoms with Gasteiger partial charge in [0.2, 0.25) is 0 Å². The quantitative estimate of drug-likeness (QED) is 0.863. The van der Waals surface area contributed by atoms with Gasteiger partial charge in [0, 0.05) is 6.07 Å². The lowest BCUT2D eigenvalue weighted by Gasteiger charge is -2.49. The van der Waals surface area contributed by atoms with Gasteiger partial charge in [-0.2, -0.15) is 0 Å². The monoisotopic (exact) mass is 281 g/mol. The predicted octanol–water partition coefficient (Wildman–Crippen LogP) is 3.85. The van der Waals surface area contributed by atoms with Crippen LogP contribution < -0.4 is 5.32 Å².